The topological polar surface area (TPSA) is 83.6 Å². The van der Waals surface area contributed by atoms with Crippen LogP contribution in [0.3, 0.4) is 0 Å². The number of anilines is 6. The quantitative estimate of drug-likeness (QED) is 0.138. The number of benzene rings is 9. The van der Waals surface area contributed by atoms with E-state index in [1.54, 1.807) is 18.3 Å². The number of hydrogen-bond donors (Lipinski definition) is 1. The third kappa shape index (κ3) is 7.05. The summed E-state index contributed by atoms with van der Waals surface area (Å²) < 4.78 is 42.4. The van der Waals surface area contributed by atoms with Crippen LogP contribution in [0.2, 0.25) is 0 Å². The molecule has 0 atom stereocenters. The lowest BCUT2D eigenvalue weighted by Crippen LogP contribution is -2.12. The highest BCUT2D eigenvalue weighted by atomic mass is 32.2. The van der Waals surface area contributed by atoms with Crippen molar-refractivity contribution in [2.75, 3.05) is 9.80 Å². The van der Waals surface area contributed by atoms with Crippen LogP contribution in [-0.4, -0.2) is 27.1 Å². The first-order valence-corrected chi connectivity index (χ1v) is 23.8. The maximum absolute atomic E-state index is 13.5. The van der Waals surface area contributed by atoms with E-state index >= 15 is 0 Å². The molecule has 0 aliphatic carbocycles. The molecule has 0 saturated heterocycles. The van der Waals surface area contributed by atoms with Crippen molar-refractivity contribution in [3.8, 4) is 22.6 Å². The van der Waals surface area contributed by atoms with Gasteiger partial charge >= 0.3 is 0 Å². The van der Waals surface area contributed by atoms with E-state index in [-0.39, 0.29) is 10.5 Å². The van der Waals surface area contributed by atoms with Crippen molar-refractivity contribution in [2.45, 2.75) is 4.90 Å². The van der Waals surface area contributed by atoms with E-state index < -0.39 is 10.1 Å². The average Bonchev–Trinajstić information content (AvgIpc) is 3.90. The summed E-state index contributed by atoms with van der Waals surface area (Å²) in [5.41, 5.74) is 12.0. The van der Waals surface area contributed by atoms with Crippen LogP contribution in [0.4, 0.5) is 34.1 Å². The Bertz CT molecular complexity index is 3930. The van der Waals surface area contributed by atoms with Crippen molar-refractivity contribution >= 4 is 87.9 Å². The summed E-state index contributed by atoms with van der Waals surface area (Å²) in [6.07, 6.45) is 1.75. The zero-order valence-corrected chi connectivity index (χ0v) is 37.3. The number of rotatable bonds is 10. The second-order valence-corrected chi connectivity index (χ2v) is 18.1. The van der Waals surface area contributed by atoms with Gasteiger partial charge in [0.2, 0.25) is 0 Å². The van der Waals surface area contributed by atoms with Crippen LogP contribution < -0.4 is 9.80 Å². The third-order valence-electron chi connectivity index (χ3n) is 12.7. The Morgan fingerprint density at radius 1 is 0.368 bits per heavy atom. The first-order chi connectivity index (χ1) is 33.4. The smallest absolute Gasteiger partial charge is 0.295 e. The summed E-state index contributed by atoms with van der Waals surface area (Å²) in [5.74, 6) is 0. The number of nitrogens with zero attached hydrogens (tertiary/aromatic N) is 5. The Balaban J connectivity index is 0.955. The van der Waals surface area contributed by atoms with E-state index in [2.05, 4.69) is 129 Å². The van der Waals surface area contributed by atoms with Gasteiger partial charge in [0.05, 0.1) is 39.6 Å². The van der Waals surface area contributed by atoms with Gasteiger partial charge in [-0.1, -0.05) is 109 Å². The predicted molar refractivity (Wildman–Crippen MR) is 278 cm³/mol. The van der Waals surface area contributed by atoms with Crippen LogP contribution in [-0.2, 0) is 10.1 Å². The molecule has 0 unspecified atom stereocenters. The first kappa shape index (κ1) is 40.7. The molecule has 68 heavy (non-hydrogen) atoms. The lowest BCUT2D eigenvalue weighted by molar-refractivity contribution is 0.483. The Hall–Kier alpha value is -8.76. The molecule has 1 N–H and O–H groups in total. The van der Waals surface area contributed by atoms with E-state index in [9.17, 15) is 13.0 Å². The van der Waals surface area contributed by atoms with Crippen LogP contribution in [0.15, 0.2) is 248 Å². The summed E-state index contributed by atoms with van der Waals surface area (Å²) in [6, 6.07) is 79.0. The van der Waals surface area contributed by atoms with Crippen molar-refractivity contribution in [1.29, 1.82) is 0 Å². The largest absolute Gasteiger partial charge is 0.310 e. The molecule has 0 spiro atoms. The van der Waals surface area contributed by atoms with Crippen molar-refractivity contribution in [3.05, 3.63) is 243 Å². The molecule has 0 amide bonds. The number of fused-ring (bicyclic) bond motifs is 6. The monoisotopic (exact) mass is 899 g/mol. The van der Waals surface area contributed by atoms with Crippen molar-refractivity contribution in [2.24, 2.45) is 0 Å². The molecule has 0 radical (unpaired) electrons. The van der Waals surface area contributed by atoms with Gasteiger partial charge in [0.15, 0.2) is 0 Å². The highest BCUT2D eigenvalue weighted by Gasteiger charge is 2.24. The lowest BCUT2D eigenvalue weighted by atomic mass is 10.1. The molecule has 3 aromatic heterocycles. The summed E-state index contributed by atoms with van der Waals surface area (Å²) >= 11 is 0. The van der Waals surface area contributed by atoms with E-state index in [0.29, 0.717) is 11.4 Å². The van der Waals surface area contributed by atoms with Gasteiger partial charge in [-0.3, -0.25) is 9.54 Å². The number of pyridine rings is 1. The molecule has 12 rings (SSSR count). The van der Waals surface area contributed by atoms with Gasteiger partial charge in [-0.05, 0) is 127 Å². The van der Waals surface area contributed by atoms with Gasteiger partial charge in [0.25, 0.3) is 10.1 Å². The molecule has 3 heterocycles. The van der Waals surface area contributed by atoms with Crippen LogP contribution >= 0.6 is 0 Å². The van der Waals surface area contributed by atoms with Gasteiger partial charge in [-0.25, -0.2) is 0 Å². The number of aromatic nitrogens is 3. The van der Waals surface area contributed by atoms with Crippen LogP contribution in [0.1, 0.15) is 0 Å². The molecule has 0 bridgehead atoms. The third-order valence-corrected chi connectivity index (χ3v) is 13.6. The fourth-order valence-corrected chi connectivity index (χ4v) is 10.4. The van der Waals surface area contributed by atoms with E-state index in [0.717, 1.165) is 83.4 Å². The zero-order chi connectivity index (χ0) is 45.8. The van der Waals surface area contributed by atoms with E-state index in [1.165, 1.54) is 6.07 Å². The second-order valence-electron chi connectivity index (χ2n) is 16.7. The highest BCUT2D eigenvalue weighted by molar-refractivity contribution is 7.86. The average molecular weight is 900 g/mol. The predicted octanol–water partition coefficient (Wildman–Crippen LogP) is 15.1. The van der Waals surface area contributed by atoms with Gasteiger partial charge in [-0.2, -0.15) is 8.42 Å². The van der Waals surface area contributed by atoms with Crippen LogP contribution in [0, 0.1) is 0 Å². The molecule has 0 fully saturated rings. The fourth-order valence-electron chi connectivity index (χ4n) is 9.71. The van der Waals surface area contributed by atoms with Gasteiger partial charge < -0.3 is 18.9 Å². The second kappa shape index (κ2) is 16.6. The maximum Gasteiger partial charge on any atom is 0.295 e. The van der Waals surface area contributed by atoms with Crippen molar-refractivity contribution < 1.29 is 13.0 Å². The fraction of sp³-hybridized carbons (Fsp3) is 0. The number of para-hydroxylation sites is 6. The first-order valence-electron chi connectivity index (χ1n) is 22.3. The van der Waals surface area contributed by atoms with E-state index in [4.69, 9.17) is 4.98 Å². The molecule has 326 valence electrons. The molecular formula is C59H41N5O3S. The molecule has 9 heteroatoms. The standard InChI is InChI=1S/C59H41N5O3S/c65-68(66,67)59-39-47(61(41-17-5-1-6-18-41)45-31-35-57-52(37-45)49-25-13-15-27-55(49)63(57)43-21-9-3-10-22-43)29-33-51(59)54-34-30-48(40-60-54)62(42-19-7-2-8-20-42)46-32-36-58-53(38-46)50-26-14-16-28-56(50)64(58)44-23-11-4-12-24-44/h1-40H,(H,65,66,67). The van der Waals surface area contributed by atoms with Crippen molar-refractivity contribution in [1.82, 2.24) is 14.1 Å². The van der Waals surface area contributed by atoms with Gasteiger partial charge in [-0.15, -0.1) is 0 Å². The molecule has 9 aromatic carbocycles. The van der Waals surface area contributed by atoms with Crippen LogP contribution in [0.25, 0.3) is 66.2 Å². The molecule has 0 aliphatic rings. The summed E-state index contributed by atoms with van der Waals surface area (Å²) in [6.45, 7) is 0. The Labute approximate surface area is 393 Å². The summed E-state index contributed by atoms with van der Waals surface area (Å²) in [7, 11) is -4.74. The minimum Gasteiger partial charge on any atom is -0.310 e. The normalized spacial score (nSPS) is 11.7. The number of hydrogen-bond acceptors (Lipinski definition) is 5. The Kier molecular flexibility index (Phi) is 9.94. The lowest BCUT2D eigenvalue weighted by Gasteiger charge is -2.27. The Morgan fingerprint density at radius 2 is 0.765 bits per heavy atom. The molecule has 0 aliphatic heterocycles. The molecule has 0 saturated carbocycles. The highest BCUT2D eigenvalue weighted by Crippen LogP contribution is 2.43. The van der Waals surface area contributed by atoms with Crippen LogP contribution in [0.5, 0.6) is 0 Å². The van der Waals surface area contributed by atoms with Gasteiger partial charge in [0.1, 0.15) is 4.90 Å². The Morgan fingerprint density at radius 3 is 1.24 bits per heavy atom. The summed E-state index contributed by atoms with van der Waals surface area (Å²) in [4.78, 5) is 8.79. The SMILES string of the molecule is O=S(=O)(O)c1cc(N(c2ccccc2)c2ccc3c(c2)c2ccccc2n3-c2ccccc2)ccc1-c1ccc(N(c2ccccc2)c2ccc3c(c2)c2ccccc2n3-c2ccccc2)cn1. The zero-order valence-electron chi connectivity index (χ0n) is 36.5. The molecule has 12 aromatic rings. The minimum absolute atomic E-state index is 0.252. The maximum atomic E-state index is 13.5. The molecular weight excluding hydrogens is 859 g/mol. The summed E-state index contributed by atoms with van der Waals surface area (Å²) in [5, 5.41) is 4.38. The van der Waals surface area contributed by atoms with Gasteiger partial charge in [0, 0.05) is 66.9 Å². The van der Waals surface area contributed by atoms with E-state index in [1.807, 2.05) is 108 Å². The van der Waals surface area contributed by atoms with Crippen molar-refractivity contribution in [3.63, 3.8) is 0 Å². The minimum atomic E-state index is -4.74. The molecule has 8 nitrogen and oxygen atoms in total.